The van der Waals surface area contributed by atoms with E-state index in [4.69, 9.17) is 9.47 Å². The molecule has 0 saturated heterocycles. The van der Waals surface area contributed by atoms with Crippen LogP contribution in [0.4, 0.5) is 9.59 Å². The number of ether oxygens (including phenoxy) is 2. The van der Waals surface area contributed by atoms with Gasteiger partial charge >= 0.3 is 12.2 Å². The van der Waals surface area contributed by atoms with Crippen LogP contribution in [0, 0.1) is 0 Å². The summed E-state index contributed by atoms with van der Waals surface area (Å²) >= 11 is 0. The Morgan fingerprint density at radius 3 is 1.53 bits per heavy atom. The van der Waals surface area contributed by atoms with Gasteiger partial charge in [0.2, 0.25) is 0 Å². The van der Waals surface area contributed by atoms with E-state index in [1.54, 1.807) is 0 Å². The first-order valence-corrected chi connectivity index (χ1v) is 7.31. The molecule has 0 radical (unpaired) electrons. The average molecular weight is 273 g/mol. The van der Waals surface area contributed by atoms with Gasteiger partial charge in [-0.1, -0.05) is 52.4 Å². The van der Waals surface area contributed by atoms with Crippen LogP contribution >= 0.6 is 0 Å². The molecular formula is C14H27NO4. The lowest BCUT2D eigenvalue weighted by Crippen LogP contribution is -2.32. The molecule has 5 nitrogen and oxygen atoms in total. The van der Waals surface area contributed by atoms with Crippen molar-refractivity contribution in [3.8, 4) is 0 Å². The molecule has 0 heterocycles. The molecule has 0 spiro atoms. The molecule has 112 valence electrons. The van der Waals surface area contributed by atoms with E-state index in [9.17, 15) is 9.59 Å². The summed E-state index contributed by atoms with van der Waals surface area (Å²) in [4.78, 5) is 22.4. The summed E-state index contributed by atoms with van der Waals surface area (Å²) in [5, 5.41) is 2.04. The molecule has 0 aliphatic carbocycles. The van der Waals surface area contributed by atoms with Crippen molar-refractivity contribution in [3.05, 3.63) is 0 Å². The highest BCUT2D eigenvalue weighted by Gasteiger charge is 2.09. The van der Waals surface area contributed by atoms with Crippen LogP contribution in [0.2, 0.25) is 0 Å². The van der Waals surface area contributed by atoms with Crippen molar-refractivity contribution in [2.75, 3.05) is 13.2 Å². The summed E-state index contributed by atoms with van der Waals surface area (Å²) in [6, 6.07) is 0. The smallest absolute Gasteiger partial charge is 0.416 e. The third kappa shape index (κ3) is 13.0. The number of alkyl carbamates (subject to hydrolysis) is 2. The highest BCUT2D eigenvalue weighted by atomic mass is 16.6. The van der Waals surface area contributed by atoms with Gasteiger partial charge in [0.1, 0.15) is 0 Å². The Hall–Kier alpha value is -1.26. The van der Waals surface area contributed by atoms with Crippen LogP contribution in [0.5, 0.6) is 0 Å². The van der Waals surface area contributed by atoms with E-state index in [1.165, 1.54) is 0 Å². The van der Waals surface area contributed by atoms with Crippen molar-refractivity contribution in [1.29, 1.82) is 0 Å². The van der Waals surface area contributed by atoms with E-state index in [2.05, 4.69) is 13.8 Å². The Bertz CT molecular complexity index is 220. The molecule has 2 amide bonds. The number of carbonyl (C=O) groups excluding carboxylic acids is 2. The van der Waals surface area contributed by atoms with Crippen LogP contribution in [0.1, 0.15) is 65.2 Å². The minimum absolute atomic E-state index is 0.343. The van der Waals surface area contributed by atoms with Crippen molar-refractivity contribution >= 4 is 12.2 Å². The number of carbonyl (C=O) groups is 2. The van der Waals surface area contributed by atoms with Gasteiger partial charge in [-0.15, -0.1) is 0 Å². The number of hydrogen-bond acceptors (Lipinski definition) is 4. The van der Waals surface area contributed by atoms with Crippen molar-refractivity contribution in [3.63, 3.8) is 0 Å². The molecule has 0 bridgehead atoms. The number of hydrogen-bond donors (Lipinski definition) is 1. The summed E-state index contributed by atoms with van der Waals surface area (Å²) in [6.07, 6.45) is 6.80. The second-order valence-corrected chi connectivity index (χ2v) is 4.52. The predicted molar refractivity (Wildman–Crippen MR) is 74.1 cm³/mol. The second-order valence-electron chi connectivity index (χ2n) is 4.52. The quantitative estimate of drug-likeness (QED) is 0.611. The van der Waals surface area contributed by atoms with Gasteiger partial charge < -0.3 is 9.47 Å². The van der Waals surface area contributed by atoms with Gasteiger partial charge in [-0.25, -0.2) is 14.9 Å². The highest BCUT2D eigenvalue weighted by molar-refractivity contribution is 5.87. The number of unbranched alkanes of at least 4 members (excludes halogenated alkanes) is 6. The first-order chi connectivity index (χ1) is 9.20. The highest BCUT2D eigenvalue weighted by Crippen LogP contribution is 2.00. The molecule has 19 heavy (non-hydrogen) atoms. The van der Waals surface area contributed by atoms with Crippen LogP contribution in [0.15, 0.2) is 0 Å². The first-order valence-electron chi connectivity index (χ1n) is 7.31. The SMILES string of the molecule is CCCCCCOC(=O)NC(=O)OCCCCCC. The first kappa shape index (κ1) is 17.7. The van der Waals surface area contributed by atoms with Crippen LogP contribution in [-0.2, 0) is 9.47 Å². The Kier molecular flexibility index (Phi) is 12.3. The molecule has 0 saturated carbocycles. The molecule has 0 unspecified atom stereocenters. The summed E-state index contributed by atoms with van der Waals surface area (Å²) < 4.78 is 9.71. The number of amides is 2. The predicted octanol–water partition coefficient (Wildman–Crippen LogP) is 4.01. The molecule has 0 rings (SSSR count). The Morgan fingerprint density at radius 2 is 1.16 bits per heavy atom. The fourth-order valence-electron chi connectivity index (χ4n) is 1.54. The minimum Gasteiger partial charge on any atom is -0.449 e. The number of nitrogens with one attached hydrogen (secondary N) is 1. The van der Waals surface area contributed by atoms with Crippen LogP contribution in [-0.4, -0.2) is 25.4 Å². The van der Waals surface area contributed by atoms with Gasteiger partial charge in [0.25, 0.3) is 0 Å². The molecule has 0 aromatic rings. The van der Waals surface area contributed by atoms with Crippen LogP contribution in [0.3, 0.4) is 0 Å². The lowest BCUT2D eigenvalue weighted by atomic mass is 10.2. The van der Waals surface area contributed by atoms with E-state index in [1.807, 2.05) is 5.32 Å². The van der Waals surface area contributed by atoms with Gasteiger partial charge in [-0.05, 0) is 12.8 Å². The fraction of sp³-hybridized carbons (Fsp3) is 0.857. The Balaban J connectivity index is 3.40. The largest absolute Gasteiger partial charge is 0.449 e. The van der Waals surface area contributed by atoms with Gasteiger partial charge in [0.15, 0.2) is 0 Å². The maximum Gasteiger partial charge on any atom is 0.416 e. The topological polar surface area (TPSA) is 64.6 Å². The van der Waals surface area contributed by atoms with E-state index in [-0.39, 0.29) is 0 Å². The van der Waals surface area contributed by atoms with Gasteiger partial charge in [-0.2, -0.15) is 0 Å². The monoisotopic (exact) mass is 273 g/mol. The fourth-order valence-corrected chi connectivity index (χ4v) is 1.54. The third-order valence-electron chi connectivity index (χ3n) is 2.67. The summed E-state index contributed by atoms with van der Waals surface area (Å²) in [6.45, 7) is 4.92. The Labute approximate surface area is 116 Å². The maximum atomic E-state index is 11.2. The normalized spacial score (nSPS) is 10.0. The van der Waals surface area contributed by atoms with E-state index in [0.29, 0.717) is 13.2 Å². The molecule has 1 N–H and O–H groups in total. The zero-order chi connectivity index (χ0) is 14.3. The molecular weight excluding hydrogens is 246 g/mol. The van der Waals surface area contributed by atoms with Crippen molar-refractivity contribution < 1.29 is 19.1 Å². The van der Waals surface area contributed by atoms with E-state index in [0.717, 1.165) is 51.4 Å². The van der Waals surface area contributed by atoms with Gasteiger partial charge in [0.05, 0.1) is 13.2 Å². The molecule has 0 aromatic carbocycles. The van der Waals surface area contributed by atoms with Gasteiger partial charge in [-0.3, -0.25) is 0 Å². The van der Waals surface area contributed by atoms with Gasteiger partial charge in [0, 0.05) is 0 Å². The number of imide groups is 1. The third-order valence-corrected chi connectivity index (χ3v) is 2.67. The molecule has 0 fully saturated rings. The lowest BCUT2D eigenvalue weighted by Gasteiger charge is -2.07. The summed E-state index contributed by atoms with van der Waals surface area (Å²) in [5.74, 6) is 0. The Morgan fingerprint density at radius 1 is 0.737 bits per heavy atom. The second kappa shape index (κ2) is 13.2. The molecule has 5 heteroatoms. The average Bonchev–Trinajstić information content (AvgIpc) is 2.38. The molecule has 0 aliphatic rings. The zero-order valence-corrected chi connectivity index (χ0v) is 12.2. The van der Waals surface area contributed by atoms with Crippen molar-refractivity contribution in [2.45, 2.75) is 65.2 Å². The standard InChI is InChI=1S/C14H27NO4/c1-3-5-7-9-11-18-13(16)15-14(17)19-12-10-8-6-4-2/h3-12H2,1-2H3,(H,15,16,17). The van der Waals surface area contributed by atoms with Crippen molar-refractivity contribution in [1.82, 2.24) is 5.32 Å². The summed E-state index contributed by atoms with van der Waals surface area (Å²) in [7, 11) is 0. The van der Waals surface area contributed by atoms with E-state index >= 15 is 0 Å². The zero-order valence-electron chi connectivity index (χ0n) is 12.2. The molecule has 0 aromatic heterocycles. The van der Waals surface area contributed by atoms with Crippen LogP contribution < -0.4 is 5.32 Å². The lowest BCUT2D eigenvalue weighted by molar-refractivity contribution is 0.122. The molecule has 0 aliphatic heterocycles. The van der Waals surface area contributed by atoms with Crippen LogP contribution in [0.25, 0.3) is 0 Å². The maximum absolute atomic E-state index is 11.2. The van der Waals surface area contributed by atoms with Crippen molar-refractivity contribution in [2.24, 2.45) is 0 Å². The minimum atomic E-state index is -0.727. The number of rotatable bonds is 10. The van der Waals surface area contributed by atoms with E-state index < -0.39 is 12.2 Å². The summed E-state index contributed by atoms with van der Waals surface area (Å²) in [5.41, 5.74) is 0. The molecule has 0 atom stereocenters.